The van der Waals surface area contributed by atoms with E-state index in [0.29, 0.717) is 5.65 Å². The van der Waals surface area contributed by atoms with E-state index >= 15 is 0 Å². The quantitative estimate of drug-likeness (QED) is 0.707. The minimum absolute atomic E-state index is 0.0140. The van der Waals surface area contributed by atoms with Gasteiger partial charge in [0.05, 0.1) is 6.33 Å². The molecule has 0 saturated heterocycles. The van der Waals surface area contributed by atoms with Crippen molar-refractivity contribution in [2.24, 2.45) is 5.73 Å². The number of imidazole rings is 1. The maximum atomic E-state index is 5.87. The van der Waals surface area contributed by atoms with Crippen molar-refractivity contribution < 1.29 is 0 Å². The summed E-state index contributed by atoms with van der Waals surface area (Å²) in [6.07, 6.45) is 4.86. The number of pyridine rings is 1. The number of nitrogens with two attached hydrogens (primary N) is 1. The highest BCUT2D eigenvalue weighted by molar-refractivity contribution is 7.99. The monoisotopic (exact) mass is 272 g/mol. The van der Waals surface area contributed by atoms with E-state index in [1.807, 2.05) is 19.1 Å². The van der Waals surface area contributed by atoms with Crippen LogP contribution in [0.1, 0.15) is 18.5 Å². The van der Waals surface area contributed by atoms with Gasteiger partial charge >= 0.3 is 0 Å². The number of aromatic amines is 1. The molecule has 0 aromatic carbocycles. The molecule has 0 unspecified atom stereocenters. The summed E-state index contributed by atoms with van der Waals surface area (Å²) in [5.41, 5.74) is 8.39. The number of nitrogens with zero attached hydrogens (tertiary/aromatic N) is 4. The molecular weight excluding hydrogens is 260 g/mol. The molecule has 1 atom stereocenters. The minimum Gasteiger partial charge on any atom is -0.341 e. The lowest BCUT2D eigenvalue weighted by molar-refractivity contribution is 0.808. The summed E-state index contributed by atoms with van der Waals surface area (Å²) in [6.45, 7) is 1.95. The van der Waals surface area contributed by atoms with Gasteiger partial charge in [-0.3, -0.25) is 0 Å². The third-order valence-electron chi connectivity index (χ3n) is 2.67. The molecule has 0 aliphatic heterocycles. The molecule has 0 aliphatic carbocycles. The molecule has 7 heteroatoms. The van der Waals surface area contributed by atoms with Crippen LogP contribution in [0.2, 0.25) is 0 Å². The van der Waals surface area contributed by atoms with Crippen molar-refractivity contribution in [3.05, 3.63) is 36.5 Å². The Morgan fingerprint density at radius 1 is 1.26 bits per heavy atom. The Balaban J connectivity index is 1.97. The second-order valence-electron chi connectivity index (χ2n) is 4.10. The lowest BCUT2D eigenvalue weighted by Gasteiger charge is -2.06. The zero-order chi connectivity index (χ0) is 13.2. The number of aromatic nitrogens is 5. The molecule has 3 N–H and O–H groups in total. The smallest absolute Gasteiger partial charge is 0.181 e. The molecule has 0 saturated carbocycles. The Kier molecular flexibility index (Phi) is 3.14. The van der Waals surface area contributed by atoms with E-state index in [1.165, 1.54) is 18.1 Å². The van der Waals surface area contributed by atoms with Crippen molar-refractivity contribution in [2.75, 3.05) is 0 Å². The van der Waals surface area contributed by atoms with Crippen LogP contribution in [-0.4, -0.2) is 24.9 Å². The van der Waals surface area contributed by atoms with Crippen molar-refractivity contribution in [3.8, 4) is 0 Å². The largest absolute Gasteiger partial charge is 0.341 e. The number of hydrogen-bond acceptors (Lipinski definition) is 6. The molecule has 0 fully saturated rings. The van der Waals surface area contributed by atoms with Crippen molar-refractivity contribution in [3.63, 3.8) is 0 Å². The van der Waals surface area contributed by atoms with Crippen LogP contribution in [0.5, 0.6) is 0 Å². The maximum absolute atomic E-state index is 5.87. The summed E-state index contributed by atoms with van der Waals surface area (Å²) in [4.78, 5) is 19.8. The first-order valence-corrected chi connectivity index (χ1v) is 6.59. The van der Waals surface area contributed by atoms with Gasteiger partial charge in [0.1, 0.15) is 21.9 Å². The third-order valence-corrected chi connectivity index (χ3v) is 3.61. The fourth-order valence-corrected chi connectivity index (χ4v) is 2.54. The van der Waals surface area contributed by atoms with Crippen molar-refractivity contribution >= 4 is 22.9 Å². The molecule has 0 aliphatic rings. The van der Waals surface area contributed by atoms with Gasteiger partial charge in [-0.2, -0.15) is 0 Å². The van der Waals surface area contributed by atoms with Crippen LogP contribution in [0.4, 0.5) is 0 Å². The first-order chi connectivity index (χ1) is 9.24. The highest BCUT2D eigenvalue weighted by Gasteiger charge is 2.09. The zero-order valence-electron chi connectivity index (χ0n) is 10.2. The predicted molar refractivity (Wildman–Crippen MR) is 72.6 cm³/mol. The Labute approximate surface area is 113 Å². The topological polar surface area (TPSA) is 93.4 Å². The minimum atomic E-state index is -0.0140. The first-order valence-electron chi connectivity index (χ1n) is 5.77. The van der Waals surface area contributed by atoms with E-state index in [9.17, 15) is 0 Å². The second-order valence-corrected chi connectivity index (χ2v) is 5.11. The lowest BCUT2D eigenvalue weighted by Crippen LogP contribution is -2.05. The Morgan fingerprint density at radius 2 is 2.16 bits per heavy atom. The summed E-state index contributed by atoms with van der Waals surface area (Å²) >= 11 is 1.46. The van der Waals surface area contributed by atoms with Crippen LogP contribution in [0.3, 0.4) is 0 Å². The molecule has 0 spiro atoms. The van der Waals surface area contributed by atoms with Gasteiger partial charge in [0.2, 0.25) is 0 Å². The van der Waals surface area contributed by atoms with E-state index in [4.69, 9.17) is 5.73 Å². The van der Waals surface area contributed by atoms with Gasteiger partial charge in [-0.15, -0.1) is 0 Å². The van der Waals surface area contributed by atoms with Crippen molar-refractivity contribution in [1.29, 1.82) is 0 Å². The van der Waals surface area contributed by atoms with E-state index in [2.05, 4.69) is 24.9 Å². The van der Waals surface area contributed by atoms with E-state index in [1.54, 1.807) is 12.5 Å². The lowest BCUT2D eigenvalue weighted by atomic mass is 10.1. The number of nitrogens with one attached hydrogen (secondary N) is 1. The van der Waals surface area contributed by atoms with Crippen molar-refractivity contribution in [2.45, 2.75) is 23.0 Å². The highest BCUT2D eigenvalue weighted by Crippen LogP contribution is 2.29. The van der Waals surface area contributed by atoms with Gasteiger partial charge in [-0.25, -0.2) is 19.9 Å². The van der Waals surface area contributed by atoms with Crippen LogP contribution in [-0.2, 0) is 0 Å². The normalized spacial score (nSPS) is 12.7. The van der Waals surface area contributed by atoms with Crippen LogP contribution >= 0.6 is 11.8 Å². The molecule has 0 radical (unpaired) electrons. The molecule has 3 rings (SSSR count). The molecule has 19 heavy (non-hydrogen) atoms. The number of H-pyrrole nitrogens is 1. The fraction of sp³-hybridized carbons (Fsp3) is 0.167. The highest BCUT2D eigenvalue weighted by atomic mass is 32.2. The molecule has 6 nitrogen and oxygen atoms in total. The Hall–Kier alpha value is -1.99. The summed E-state index contributed by atoms with van der Waals surface area (Å²) in [7, 11) is 0. The molecule has 3 aromatic heterocycles. The van der Waals surface area contributed by atoms with E-state index in [0.717, 1.165) is 21.1 Å². The summed E-state index contributed by atoms with van der Waals surface area (Å²) < 4.78 is 0. The maximum Gasteiger partial charge on any atom is 0.181 e. The average Bonchev–Trinajstić information content (AvgIpc) is 2.88. The van der Waals surface area contributed by atoms with Crippen molar-refractivity contribution in [1.82, 2.24) is 24.9 Å². The first kappa shape index (κ1) is 12.1. The summed E-state index contributed by atoms with van der Waals surface area (Å²) in [5, 5.41) is 1.65. The molecule has 0 bridgehead atoms. The van der Waals surface area contributed by atoms with E-state index < -0.39 is 0 Å². The van der Waals surface area contributed by atoms with Gasteiger partial charge in [0.15, 0.2) is 5.65 Å². The predicted octanol–water partition coefficient (Wildman–Crippen LogP) is 1.92. The van der Waals surface area contributed by atoms with Crippen LogP contribution in [0.25, 0.3) is 11.2 Å². The van der Waals surface area contributed by atoms with Gasteiger partial charge < -0.3 is 10.7 Å². The molecular formula is C12H12N6S. The van der Waals surface area contributed by atoms with Crippen LogP contribution in [0, 0.1) is 0 Å². The third kappa shape index (κ3) is 2.42. The number of hydrogen-bond donors (Lipinski definition) is 2. The Morgan fingerprint density at radius 3 is 3.00 bits per heavy atom. The van der Waals surface area contributed by atoms with Crippen LogP contribution < -0.4 is 5.73 Å². The van der Waals surface area contributed by atoms with Gasteiger partial charge in [0.25, 0.3) is 0 Å². The number of fused-ring (bicyclic) bond motifs is 1. The van der Waals surface area contributed by atoms with Gasteiger partial charge in [0, 0.05) is 12.2 Å². The second kappa shape index (κ2) is 4.94. The Bertz CT molecular complexity index is 708. The SMILES string of the molecule is C[C@H](N)c1ccnc(Sc2ncnc3nc[nH]c23)c1. The molecule has 96 valence electrons. The van der Waals surface area contributed by atoms with Gasteiger partial charge in [-0.1, -0.05) is 0 Å². The van der Waals surface area contributed by atoms with Crippen LogP contribution in [0.15, 0.2) is 41.0 Å². The standard InChI is InChI=1S/C12H12N6S/c1-7(13)8-2-3-14-9(4-8)19-12-10-11(16-5-15-10)17-6-18-12/h2-7H,13H2,1H3,(H,15,16,17,18)/t7-/m0/s1. The van der Waals surface area contributed by atoms with E-state index in [-0.39, 0.29) is 6.04 Å². The molecule has 3 aromatic rings. The summed E-state index contributed by atoms with van der Waals surface area (Å²) in [5.74, 6) is 0. The fourth-order valence-electron chi connectivity index (χ4n) is 1.68. The summed E-state index contributed by atoms with van der Waals surface area (Å²) in [6, 6.07) is 3.88. The zero-order valence-corrected chi connectivity index (χ0v) is 11.1. The molecule has 3 heterocycles. The molecule has 0 amide bonds. The number of rotatable bonds is 3. The average molecular weight is 272 g/mol. The van der Waals surface area contributed by atoms with Gasteiger partial charge in [-0.05, 0) is 36.4 Å².